The summed E-state index contributed by atoms with van der Waals surface area (Å²) in [7, 11) is 0. The highest BCUT2D eigenvalue weighted by molar-refractivity contribution is 5.43. The van der Waals surface area contributed by atoms with Gasteiger partial charge in [0.1, 0.15) is 5.75 Å². The number of alkyl halides is 5. The Morgan fingerprint density at radius 2 is 1.53 bits per heavy atom. The molecule has 3 nitrogen and oxygen atoms in total. The predicted octanol–water partition coefficient (Wildman–Crippen LogP) is 8.58. The molecule has 9 heteroatoms. The van der Waals surface area contributed by atoms with Crippen molar-refractivity contribution in [3.8, 4) is 11.5 Å². The van der Waals surface area contributed by atoms with Gasteiger partial charge in [0.2, 0.25) is 0 Å². The van der Waals surface area contributed by atoms with Crippen LogP contribution in [0, 0.1) is 23.6 Å². The van der Waals surface area contributed by atoms with Crippen molar-refractivity contribution >= 4 is 0 Å². The number of benzene rings is 1. The third-order valence-electron chi connectivity index (χ3n) is 8.32. The van der Waals surface area contributed by atoms with Gasteiger partial charge in [-0.1, -0.05) is 26.2 Å². The first-order chi connectivity index (χ1) is 17.0. The summed E-state index contributed by atoms with van der Waals surface area (Å²) in [6.45, 7) is 2.25. The van der Waals surface area contributed by atoms with Gasteiger partial charge in [-0.2, -0.15) is 8.78 Å². The van der Waals surface area contributed by atoms with Crippen molar-refractivity contribution in [1.29, 1.82) is 0 Å². The molecule has 0 aromatic heterocycles. The lowest BCUT2D eigenvalue weighted by Gasteiger charge is -2.38. The van der Waals surface area contributed by atoms with Gasteiger partial charge in [0, 0.05) is 12.5 Å². The van der Waals surface area contributed by atoms with Gasteiger partial charge in [0.05, 0.1) is 12.2 Å². The minimum Gasteiger partial charge on any atom is -0.490 e. The van der Waals surface area contributed by atoms with Gasteiger partial charge < -0.3 is 14.2 Å². The summed E-state index contributed by atoms with van der Waals surface area (Å²) >= 11 is 0. The van der Waals surface area contributed by atoms with E-state index in [1.54, 1.807) is 0 Å². The molecule has 0 bridgehead atoms. The van der Waals surface area contributed by atoms with Crippen LogP contribution in [0.4, 0.5) is 26.3 Å². The maximum absolute atomic E-state index is 14.6. The number of halogens is 6. The van der Waals surface area contributed by atoms with Crippen LogP contribution in [-0.4, -0.2) is 24.7 Å². The van der Waals surface area contributed by atoms with E-state index in [2.05, 4.69) is 11.7 Å². The molecule has 1 aromatic rings. The van der Waals surface area contributed by atoms with Gasteiger partial charge in [-0.05, 0) is 87.2 Å². The summed E-state index contributed by atoms with van der Waals surface area (Å²) in [6, 6.07) is 1.78. The highest BCUT2D eigenvalue weighted by Crippen LogP contribution is 2.42. The van der Waals surface area contributed by atoms with E-state index >= 15 is 0 Å². The smallest absolute Gasteiger partial charge is 0.490 e. The van der Waals surface area contributed by atoms with Crippen molar-refractivity contribution in [1.82, 2.24) is 0 Å². The standard InChI is InChI=1S/C27H36F6O3/c1-2-17-3-5-18(6-4-17)19-7-11-22(12-8-19)35-26(29,30)14-13-21-10-9-20-15-25(36-27(31,32)33)23(28)16-24(20)34-21/h15-19,21-22H,2-14H2,1H3. The van der Waals surface area contributed by atoms with Crippen LogP contribution in [0.2, 0.25) is 0 Å². The highest BCUT2D eigenvalue weighted by Gasteiger charge is 2.38. The molecule has 4 rings (SSSR count). The molecule has 1 unspecified atom stereocenters. The van der Waals surface area contributed by atoms with Gasteiger partial charge in [-0.15, -0.1) is 13.2 Å². The molecule has 3 aliphatic rings. The van der Waals surface area contributed by atoms with E-state index < -0.39 is 42.7 Å². The number of aryl methyl sites for hydroxylation is 1. The molecule has 1 heterocycles. The van der Waals surface area contributed by atoms with Crippen LogP contribution in [0.25, 0.3) is 0 Å². The van der Waals surface area contributed by atoms with E-state index in [1.165, 1.54) is 32.1 Å². The second-order valence-electron chi connectivity index (χ2n) is 10.7. The van der Waals surface area contributed by atoms with E-state index in [-0.39, 0.29) is 18.6 Å². The Hall–Kier alpha value is -1.64. The van der Waals surface area contributed by atoms with Crippen molar-refractivity contribution in [2.75, 3.05) is 0 Å². The second kappa shape index (κ2) is 11.4. The largest absolute Gasteiger partial charge is 0.573 e. The van der Waals surface area contributed by atoms with E-state index in [0.717, 1.165) is 36.8 Å². The number of ether oxygens (including phenoxy) is 3. The average molecular weight is 523 g/mol. The first-order valence-corrected chi connectivity index (χ1v) is 13.3. The summed E-state index contributed by atoms with van der Waals surface area (Å²) in [5.74, 6) is 0.117. The summed E-state index contributed by atoms with van der Waals surface area (Å²) in [5, 5.41) is 0. The zero-order valence-electron chi connectivity index (χ0n) is 20.7. The van der Waals surface area contributed by atoms with Crippen LogP contribution in [0.5, 0.6) is 11.5 Å². The molecule has 0 amide bonds. The quantitative estimate of drug-likeness (QED) is 0.320. The third-order valence-corrected chi connectivity index (χ3v) is 8.32. The highest BCUT2D eigenvalue weighted by atomic mass is 19.4. The molecular formula is C27H36F6O3. The Morgan fingerprint density at radius 3 is 2.14 bits per heavy atom. The monoisotopic (exact) mass is 522 g/mol. The molecule has 2 fully saturated rings. The number of rotatable bonds is 8. The predicted molar refractivity (Wildman–Crippen MR) is 123 cm³/mol. The molecule has 0 saturated heterocycles. The minimum atomic E-state index is -5.01. The van der Waals surface area contributed by atoms with Crippen molar-refractivity contribution in [3.05, 3.63) is 23.5 Å². The number of hydrogen-bond acceptors (Lipinski definition) is 3. The van der Waals surface area contributed by atoms with E-state index in [1.807, 2.05) is 0 Å². The zero-order chi connectivity index (χ0) is 25.9. The SMILES string of the molecule is CCC1CCC(C2CCC(OC(F)(F)CCC3CCc4cc(OC(F)(F)F)c(F)cc4O3)CC2)CC1. The Morgan fingerprint density at radius 1 is 0.889 bits per heavy atom. The van der Waals surface area contributed by atoms with Gasteiger partial charge in [-0.3, -0.25) is 0 Å². The summed E-state index contributed by atoms with van der Waals surface area (Å²) in [4.78, 5) is 0. The van der Waals surface area contributed by atoms with E-state index in [4.69, 9.17) is 9.47 Å². The van der Waals surface area contributed by atoms with Gasteiger partial charge in [0.15, 0.2) is 11.6 Å². The molecule has 1 aromatic carbocycles. The van der Waals surface area contributed by atoms with Crippen LogP contribution >= 0.6 is 0 Å². The fourth-order valence-electron chi connectivity index (χ4n) is 6.22. The Balaban J connectivity index is 1.21. The molecule has 0 radical (unpaired) electrons. The van der Waals surface area contributed by atoms with Crippen LogP contribution in [-0.2, 0) is 11.2 Å². The lowest BCUT2D eigenvalue weighted by molar-refractivity contribution is -0.275. The molecule has 2 saturated carbocycles. The Kier molecular flexibility index (Phi) is 8.67. The molecule has 36 heavy (non-hydrogen) atoms. The van der Waals surface area contributed by atoms with Gasteiger partial charge in [0.25, 0.3) is 0 Å². The van der Waals surface area contributed by atoms with Crippen LogP contribution in [0.15, 0.2) is 12.1 Å². The normalized spacial score (nSPS) is 29.4. The van der Waals surface area contributed by atoms with Gasteiger partial charge in [-0.25, -0.2) is 4.39 Å². The first-order valence-electron chi connectivity index (χ1n) is 13.3. The molecular weight excluding hydrogens is 486 g/mol. The van der Waals surface area contributed by atoms with Crippen molar-refractivity contribution in [2.45, 2.75) is 115 Å². The van der Waals surface area contributed by atoms with E-state index in [0.29, 0.717) is 30.7 Å². The zero-order valence-corrected chi connectivity index (χ0v) is 20.7. The first kappa shape index (κ1) is 27.4. The third kappa shape index (κ3) is 7.45. The van der Waals surface area contributed by atoms with Crippen LogP contribution in [0.1, 0.15) is 89.5 Å². The molecule has 1 atom stereocenters. The lowest BCUT2D eigenvalue weighted by Crippen LogP contribution is -2.34. The van der Waals surface area contributed by atoms with Crippen molar-refractivity contribution < 1.29 is 40.6 Å². The molecule has 2 aliphatic carbocycles. The molecule has 204 valence electrons. The molecule has 1 aliphatic heterocycles. The fourth-order valence-corrected chi connectivity index (χ4v) is 6.22. The number of fused-ring (bicyclic) bond motifs is 1. The van der Waals surface area contributed by atoms with E-state index in [9.17, 15) is 26.3 Å². The minimum absolute atomic E-state index is 0.00484. The summed E-state index contributed by atoms with van der Waals surface area (Å²) < 4.78 is 95.0. The fraction of sp³-hybridized carbons (Fsp3) is 0.778. The maximum atomic E-state index is 14.6. The molecule has 0 N–H and O–H groups in total. The average Bonchev–Trinajstić information content (AvgIpc) is 2.83. The lowest BCUT2D eigenvalue weighted by atomic mass is 9.70. The Bertz CT molecular complexity index is 858. The topological polar surface area (TPSA) is 27.7 Å². The summed E-state index contributed by atoms with van der Waals surface area (Å²) in [6.07, 6.45) is 0.318. The second-order valence-corrected chi connectivity index (χ2v) is 10.7. The summed E-state index contributed by atoms with van der Waals surface area (Å²) in [5.41, 5.74) is 0.356. The maximum Gasteiger partial charge on any atom is 0.573 e. The van der Waals surface area contributed by atoms with Crippen LogP contribution < -0.4 is 9.47 Å². The van der Waals surface area contributed by atoms with Crippen molar-refractivity contribution in [3.63, 3.8) is 0 Å². The molecule has 0 spiro atoms. The van der Waals surface area contributed by atoms with Gasteiger partial charge >= 0.3 is 12.5 Å². The number of hydrogen-bond donors (Lipinski definition) is 0. The van der Waals surface area contributed by atoms with Crippen LogP contribution in [0.3, 0.4) is 0 Å². The van der Waals surface area contributed by atoms with Crippen molar-refractivity contribution in [2.24, 2.45) is 17.8 Å². The Labute approximate surface area is 208 Å².